The average molecular weight is 212 g/mol. The first-order valence-electron chi connectivity index (χ1n) is 5.00. The fourth-order valence-corrected chi connectivity index (χ4v) is 1.09. The summed E-state index contributed by atoms with van der Waals surface area (Å²) in [5, 5.41) is 2.70. The number of nitrogens with one attached hydrogen (secondary N) is 1. The van der Waals surface area contributed by atoms with Crippen LogP contribution in [-0.4, -0.2) is 25.6 Å². The Morgan fingerprint density at radius 1 is 1.60 bits per heavy atom. The Hall–Kier alpha value is -1.29. The van der Waals surface area contributed by atoms with Gasteiger partial charge in [-0.2, -0.15) is 0 Å². The smallest absolute Gasteiger partial charge is 0.243 e. The van der Waals surface area contributed by atoms with Gasteiger partial charge in [-0.3, -0.25) is 4.79 Å². The van der Waals surface area contributed by atoms with Gasteiger partial charge in [0.25, 0.3) is 0 Å². The predicted octanol–water partition coefficient (Wildman–Crippen LogP) is 0.946. The van der Waals surface area contributed by atoms with Gasteiger partial charge < -0.3 is 15.8 Å². The first-order chi connectivity index (χ1) is 7.11. The van der Waals surface area contributed by atoms with Crippen LogP contribution in [0, 0.1) is 0 Å². The molecule has 0 aromatic heterocycles. The van der Waals surface area contributed by atoms with E-state index in [4.69, 9.17) is 10.5 Å². The summed E-state index contributed by atoms with van der Waals surface area (Å²) in [6.45, 7) is 7.69. The molecule has 0 spiro atoms. The van der Waals surface area contributed by atoms with Crippen molar-refractivity contribution in [1.29, 1.82) is 0 Å². The number of carbonyl (C=O) groups excluding carboxylic acids is 1. The lowest BCUT2D eigenvalue weighted by Gasteiger charge is -2.12. The van der Waals surface area contributed by atoms with Gasteiger partial charge >= 0.3 is 0 Å². The van der Waals surface area contributed by atoms with E-state index in [1.54, 1.807) is 7.11 Å². The summed E-state index contributed by atoms with van der Waals surface area (Å²) in [7, 11) is 1.56. The van der Waals surface area contributed by atoms with Gasteiger partial charge in [0.2, 0.25) is 5.91 Å². The van der Waals surface area contributed by atoms with Gasteiger partial charge in [-0.25, -0.2) is 0 Å². The summed E-state index contributed by atoms with van der Waals surface area (Å²) in [5.41, 5.74) is 5.77. The Kier molecular flexibility index (Phi) is 7.36. The van der Waals surface area contributed by atoms with Gasteiger partial charge in [0.1, 0.15) is 5.76 Å². The van der Waals surface area contributed by atoms with E-state index in [0.717, 1.165) is 19.3 Å². The molecular weight excluding hydrogens is 192 g/mol. The van der Waals surface area contributed by atoms with Crippen molar-refractivity contribution in [1.82, 2.24) is 5.32 Å². The van der Waals surface area contributed by atoms with E-state index in [-0.39, 0.29) is 11.9 Å². The van der Waals surface area contributed by atoms with E-state index in [0.29, 0.717) is 12.3 Å². The van der Waals surface area contributed by atoms with Crippen molar-refractivity contribution >= 4 is 5.91 Å². The largest absolute Gasteiger partial charge is 0.500 e. The van der Waals surface area contributed by atoms with Crippen molar-refractivity contribution in [3.05, 3.63) is 25.0 Å². The van der Waals surface area contributed by atoms with Crippen LogP contribution in [-0.2, 0) is 9.53 Å². The lowest BCUT2D eigenvalue weighted by atomic mass is 10.1. The normalized spacial score (nSPS) is 11.6. The van der Waals surface area contributed by atoms with Gasteiger partial charge in [0.15, 0.2) is 0 Å². The standard InChI is InChI=1S/C11H20N2O2/c1-4-11(14)13-8-6-5-7-10(12)9(2)15-3/h4,10H,1-2,5-8,12H2,3H3,(H,13,14). The molecule has 0 bridgehead atoms. The van der Waals surface area contributed by atoms with Crippen molar-refractivity contribution in [2.45, 2.75) is 25.3 Å². The highest BCUT2D eigenvalue weighted by atomic mass is 16.5. The molecule has 0 saturated carbocycles. The van der Waals surface area contributed by atoms with Crippen LogP contribution in [0.2, 0.25) is 0 Å². The summed E-state index contributed by atoms with van der Waals surface area (Å²) < 4.78 is 4.92. The Morgan fingerprint density at radius 2 is 2.27 bits per heavy atom. The molecule has 1 atom stereocenters. The van der Waals surface area contributed by atoms with Crippen LogP contribution < -0.4 is 11.1 Å². The van der Waals surface area contributed by atoms with Crippen molar-refractivity contribution in [3.8, 4) is 0 Å². The third-order valence-electron chi connectivity index (χ3n) is 2.10. The highest BCUT2D eigenvalue weighted by Gasteiger charge is 2.06. The number of hydrogen-bond acceptors (Lipinski definition) is 3. The maximum absolute atomic E-state index is 10.8. The highest BCUT2D eigenvalue weighted by molar-refractivity contribution is 5.86. The van der Waals surface area contributed by atoms with Gasteiger partial charge in [-0.05, 0) is 25.3 Å². The molecule has 1 unspecified atom stereocenters. The molecule has 0 heterocycles. The second kappa shape index (κ2) is 8.05. The molecule has 4 heteroatoms. The van der Waals surface area contributed by atoms with Gasteiger partial charge in [-0.1, -0.05) is 13.2 Å². The molecule has 0 fully saturated rings. The third-order valence-corrected chi connectivity index (χ3v) is 2.10. The van der Waals surface area contributed by atoms with E-state index in [1.165, 1.54) is 6.08 Å². The minimum atomic E-state index is -0.138. The molecule has 0 aliphatic heterocycles. The quantitative estimate of drug-likeness (QED) is 0.357. The lowest BCUT2D eigenvalue weighted by Crippen LogP contribution is -2.25. The van der Waals surface area contributed by atoms with Crippen LogP contribution >= 0.6 is 0 Å². The molecule has 0 aromatic carbocycles. The number of nitrogens with two attached hydrogens (primary N) is 1. The number of carbonyl (C=O) groups is 1. The van der Waals surface area contributed by atoms with Crippen molar-refractivity contribution in [2.75, 3.05) is 13.7 Å². The molecule has 0 saturated heterocycles. The van der Waals surface area contributed by atoms with Crippen molar-refractivity contribution in [3.63, 3.8) is 0 Å². The number of hydrogen-bond donors (Lipinski definition) is 2. The summed E-state index contributed by atoms with van der Waals surface area (Å²) in [6, 6.07) is -0.120. The zero-order chi connectivity index (χ0) is 11.7. The average Bonchev–Trinajstić information content (AvgIpc) is 2.26. The molecule has 0 aromatic rings. The monoisotopic (exact) mass is 212 g/mol. The van der Waals surface area contributed by atoms with Crippen molar-refractivity contribution in [2.24, 2.45) is 5.73 Å². The number of methoxy groups -OCH3 is 1. The maximum atomic E-state index is 10.8. The van der Waals surface area contributed by atoms with Crippen LogP contribution in [0.5, 0.6) is 0 Å². The van der Waals surface area contributed by atoms with Crippen LogP contribution in [0.4, 0.5) is 0 Å². The van der Waals surface area contributed by atoms with Crippen LogP contribution in [0.15, 0.2) is 25.0 Å². The summed E-state index contributed by atoms with van der Waals surface area (Å²) in [6.07, 6.45) is 3.90. The molecule has 15 heavy (non-hydrogen) atoms. The Labute approximate surface area is 91.2 Å². The zero-order valence-corrected chi connectivity index (χ0v) is 9.29. The molecule has 0 radical (unpaired) electrons. The maximum Gasteiger partial charge on any atom is 0.243 e. The predicted molar refractivity (Wildman–Crippen MR) is 61.2 cm³/mol. The van der Waals surface area contributed by atoms with E-state index >= 15 is 0 Å². The molecule has 4 nitrogen and oxygen atoms in total. The number of unbranched alkanes of at least 4 members (excludes halogenated alkanes) is 1. The first kappa shape index (κ1) is 13.7. The Morgan fingerprint density at radius 3 is 2.80 bits per heavy atom. The van der Waals surface area contributed by atoms with E-state index in [1.807, 2.05) is 0 Å². The SMILES string of the molecule is C=CC(=O)NCCCCC(N)C(=C)OC. The third kappa shape index (κ3) is 6.74. The Bertz CT molecular complexity index is 227. The molecule has 3 N–H and O–H groups in total. The minimum Gasteiger partial charge on any atom is -0.500 e. The molecule has 1 amide bonds. The summed E-state index contributed by atoms with van der Waals surface area (Å²) >= 11 is 0. The zero-order valence-electron chi connectivity index (χ0n) is 9.29. The van der Waals surface area contributed by atoms with E-state index < -0.39 is 0 Å². The minimum absolute atomic E-state index is 0.120. The summed E-state index contributed by atoms with van der Waals surface area (Å²) in [4.78, 5) is 10.8. The molecule has 0 rings (SSSR count). The molecular formula is C11H20N2O2. The molecule has 0 aliphatic carbocycles. The van der Waals surface area contributed by atoms with Gasteiger partial charge in [0, 0.05) is 6.54 Å². The number of rotatable bonds is 8. The Balaban J connectivity index is 3.42. The lowest BCUT2D eigenvalue weighted by molar-refractivity contribution is -0.116. The van der Waals surface area contributed by atoms with Crippen molar-refractivity contribution < 1.29 is 9.53 Å². The van der Waals surface area contributed by atoms with Crippen LogP contribution in [0.25, 0.3) is 0 Å². The first-order valence-corrected chi connectivity index (χ1v) is 5.00. The fourth-order valence-electron chi connectivity index (χ4n) is 1.09. The topological polar surface area (TPSA) is 64.4 Å². The molecule has 0 aliphatic rings. The van der Waals surface area contributed by atoms with Crippen LogP contribution in [0.3, 0.4) is 0 Å². The summed E-state index contributed by atoms with van der Waals surface area (Å²) in [5.74, 6) is 0.464. The number of ether oxygens (including phenoxy) is 1. The molecule has 86 valence electrons. The second-order valence-corrected chi connectivity index (χ2v) is 3.27. The van der Waals surface area contributed by atoms with Crippen LogP contribution in [0.1, 0.15) is 19.3 Å². The fraction of sp³-hybridized carbons (Fsp3) is 0.545. The van der Waals surface area contributed by atoms with E-state index in [9.17, 15) is 4.79 Å². The highest BCUT2D eigenvalue weighted by Crippen LogP contribution is 2.06. The van der Waals surface area contributed by atoms with E-state index in [2.05, 4.69) is 18.5 Å². The number of amides is 1. The van der Waals surface area contributed by atoms with Gasteiger partial charge in [-0.15, -0.1) is 0 Å². The van der Waals surface area contributed by atoms with Gasteiger partial charge in [0.05, 0.1) is 13.2 Å². The second-order valence-electron chi connectivity index (χ2n) is 3.27.